The van der Waals surface area contributed by atoms with Crippen LogP contribution in [-0.2, 0) is 16.9 Å². The van der Waals surface area contributed by atoms with Crippen LogP contribution < -0.4 is 5.32 Å². The zero-order valence-electron chi connectivity index (χ0n) is 13.4. The van der Waals surface area contributed by atoms with Crippen molar-refractivity contribution in [3.63, 3.8) is 0 Å². The van der Waals surface area contributed by atoms with Crippen LogP contribution in [-0.4, -0.2) is 16.8 Å². The average molecular weight is 381 g/mol. The average Bonchev–Trinajstić information content (AvgIpc) is 2.82. The maximum atomic E-state index is 13.2. The van der Waals surface area contributed by atoms with Crippen molar-refractivity contribution in [1.29, 1.82) is 0 Å². The van der Waals surface area contributed by atoms with Crippen molar-refractivity contribution in [2.75, 3.05) is 0 Å². The van der Waals surface area contributed by atoms with Crippen molar-refractivity contribution in [1.82, 2.24) is 10.2 Å². The van der Waals surface area contributed by atoms with E-state index in [4.69, 9.17) is 23.2 Å². The maximum Gasteiger partial charge on any atom is 0.325 e. The van der Waals surface area contributed by atoms with E-state index in [9.17, 15) is 14.0 Å². The van der Waals surface area contributed by atoms with E-state index in [1.807, 2.05) is 6.92 Å². The zero-order valence-corrected chi connectivity index (χ0v) is 14.9. The first-order valence-electron chi connectivity index (χ1n) is 7.71. The molecule has 0 radical (unpaired) electrons. The first kappa shape index (κ1) is 17.7. The zero-order chi connectivity index (χ0) is 18.2. The summed E-state index contributed by atoms with van der Waals surface area (Å²) in [5.41, 5.74) is 0.00814. The number of hydrogen-bond acceptors (Lipinski definition) is 2. The minimum absolute atomic E-state index is 0.0287. The van der Waals surface area contributed by atoms with Gasteiger partial charge in [0.25, 0.3) is 5.91 Å². The molecule has 1 unspecified atom stereocenters. The Morgan fingerprint density at radius 2 is 1.80 bits per heavy atom. The summed E-state index contributed by atoms with van der Waals surface area (Å²) >= 11 is 11.9. The van der Waals surface area contributed by atoms with Crippen LogP contribution in [0.1, 0.15) is 24.5 Å². The van der Waals surface area contributed by atoms with Crippen LogP contribution >= 0.6 is 23.2 Å². The van der Waals surface area contributed by atoms with E-state index in [0.29, 0.717) is 22.6 Å². The molecule has 2 aromatic carbocycles. The predicted octanol–water partition coefficient (Wildman–Crippen LogP) is 4.49. The fourth-order valence-corrected chi connectivity index (χ4v) is 3.32. The molecule has 0 saturated carbocycles. The van der Waals surface area contributed by atoms with Gasteiger partial charge in [0.15, 0.2) is 0 Å². The molecule has 1 aliphatic heterocycles. The minimum atomic E-state index is -1.14. The first-order chi connectivity index (χ1) is 11.9. The minimum Gasteiger partial charge on any atom is -0.319 e. The molecule has 3 rings (SSSR count). The van der Waals surface area contributed by atoms with Crippen LogP contribution in [0.5, 0.6) is 0 Å². The largest absolute Gasteiger partial charge is 0.325 e. The molecule has 0 aliphatic carbocycles. The number of carbonyl (C=O) groups excluding carboxylic acids is 2. The highest BCUT2D eigenvalue weighted by molar-refractivity contribution is 6.31. The Labute approximate surface area is 154 Å². The van der Waals surface area contributed by atoms with Gasteiger partial charge in [-0.05, 0) is 41.8 Å². The normalized spacial score (nSPS) is 20.1. The first-order valence-corrected chi connectivity index (χ1v) is 8.47. The second-order valence-electron chi connectivity index (χ2n) is 5.82. The lowest BCUT2D eigenvalue weighted by Gasteiger charge is -2.26. The van der Waals surface area contributed by atoms with Gasteiger partial charge in [-0.1, -0.05) is 48.3 Å². The number of nitrogens with zero attached hydrogens (tertiary/aromatic N) is 1. The Hall–Kier alpha value is -2.11. The molecule has 25 heavy (non-hydrogen) atoms. The molecule has 1 fully saturated rings. The third-order valence-corrected chi connectivity index (χ3v) is 4.99. The number of halogens is 3. The van der Waals surface area contributed by atoms with Crippen LogP contribution in [0.15, 0.2) is 42.5 Å². The summed E-state index contributed by atoms with van der Waals surface area (Å²) in [4.78, 5) is 26.6. The van der Waals surface area contributed by atoms with E-state index in [0.717, 1.165) is 11.0 Å². The Bertz CT molecular complexity index is 841. The lowest BCUT2D eigenvalue weighted by atomic mass is 9.87. The maximum absolute atomic E-state index is 13.2. The molecule has 7 heteroatoms. The summed E-state index contributed by atoms with van der Waals surface area (Å²) in [5.74, 6) is -0.849. The number of carbonyl (C=O) groups is 2. The second-order valence-corrected chi connectivity index (χ2v) is 6.67. The van der Waals surface area contributed by atoms with Gasteiger partial charge in [-0.2, -0.15) is 0 Å². The molecule has 2 aromatic rings. The van der Waals surface area contributed by atoms with Crippen LogP contribution in [0.3, 0.4) is 0 Å². The molecule has 4 nitrogen and oxygen atoms in total. The van der Waals surface area contributed by atoms with Gasteiger partial charge in [-0.25, -0.2) is 9.18 Å². The van der Waals surface area contributed by atoms with Crippen LogP contribution in [0.4, 0.5) is 9.18 Å². The molecule has 1 saturated heterocycles. The number of amides is 3. The predicted molar refractivity (Wildman–Crippen MR) is 93.9 cm³/mol. The third kappa shape index (κ3) is 3.10. The van der Waals surface area contributed by atoms with Crippen LogP contribution in [0, 0.1) is 5.82 Å². The summed E-state index contributed by atoms with van der Waals surface area (Å²) in [6, 6.07) is 10.1. The van der Waals surface area contributed by atoms with Gasteiger partial charge in [-0.15, -0.1) is 0 Å². The van der Waals surface area contributed by atoms with E-state index in [1.165, 1.54) is 12.1 Å². The van der Waals surface area contributed by atoms with E-state index in [2.05, 4.69) is 5.32 Å². The molecule has 1 aliphatic rings. The molecule has 130 valence electrons. The Balaban J connectivity index is 1.94. The van der Waals surface area contributed by atoms with Crippen molar-refractivity contribution in [3.8, 4) is 0 Å². The molecule has 1 atom stereocenters. The number of hydrogen-bond donors (Lipinski definition) is 1. The molecule has 1 N–H and O–H groups in total. The number of rotatable bonds is 4. The molecule has 0 bridgehead atoms. The topological polar surface area (TPSA) is 49.4 Å². The Morgan fingerprint density at radius 1 is 1.12 bits per heavy atom. The Morgan fingerprint density at radius 3 is 2.40 bits per heavy atom. The molecule has 3 amide bonds. The van der Waals surface area contributed by atoms with Crippen molar-refractivity contribution in [2.45, 2.75) is 25.4 Å². The smallest absolute Gasteiger partial charge is 0.319 e. The SMILES string of the molecule is CCC1(c2ccc(Cl)cc2)NC(=O)N(Cc2ccc(F)cc2Cl)C1=O. The van der Waals surface area contributed by atoms with E-state index >= 15 is 0 Å². The van der Waals surface area contributed by atoms with E-state index in [1.54, 1.807) is 24.3 Å². The standard InChI is InChI=1S/C18H15Cl2FN2O2/c1-2-18(12-4-6-13(19)7-5-12)16(24)23(17(25)22-18)10-11-3-8-14(21)9-15(11)20/h3-9H,2,10H2,1H3,(H,22,25). The summed E-state index contributed by atoms with van der Waals surface area (Å²) in [5, 5.41) is 3.49. The quantitative estimate of drug-likeness (QED) is 0.794. The van der Waals surface area contributed by atoms with Crippen molar-refractivity contribution in [2.24, 2.45) is 0 Å². The summed E-state index contributed by atoms with van der Waals surface area (Å²) < 4.78 is 13.2. The number of benzene rings is 2. The third-order valence-electron chi connectivity index (χ3n) is 4.39. The van der Waals surface area contributed by atoms with Gasteiger partial charge in [0.1, 0.15) is 11.4 Å². The number of imide groups is 1. The van der Waals surface area contributed by atoms with Crippen molar-refractivity contribution in [3.05, 3.63) is 69.5 Å². The monoisotopic (exact) mass is 380 g/mol. The van der Waals surface area contributed by atoms with Crippen LogP contribution in [0.25, 0.3) is 0 Å². The van der Waals surface area contributed by atoms with Gasteiger partial charge in [0.2, 0.25) is 0 Å². The molecular formula is C18H15Cl2FN2O2. The van der Waals surface area contributed by atoms with Crippen LogP contribution in [0.2, 0.25) is 10.0 Å². The Kier molecular flexibility index (Phi) is 4.71. The lowest BCUT2D eigenvalue weighted by molar-refractivity contribution is -0.132. The van der Waals surface area contributed by atoms with Gasteiger partial charge < -0.3 is 5.32 Å². The van der Waals surface area contributed by atoms with E-state index in [-0.39, 0.29) is 17.5 Å². The van der Waals surface area contributed by atoms with Gasteiger partial charge >= 0.3 is 6.03 Å². The number of nitrogens with one attached hydrogen (secondary N) is 1. The van der Waals surface area contributed by atoms with Crippen molar-refractivity contribution < 1.29 is 14.0 Å². The highest BCUT2D eigenvalue weighted by Gasteiger charge is 2.51. The van der Waals surface area contributed by atoms with Gasteiger partial charge in [0, 0.05) is 10.0 Å². The second kappa shape index (κ2) is 6.65. The summed E-state index contributed by atoms with van der Waals surface area (Å²) in [6.45, 7) is 1.79. The molecule has 1 heterocycles. The molecule has 0 spiro atoms. The summed E-state index contributed by atoms with van der Waals surface area (Å²) in [6.07, 6.45) is 0.382. The fraction of sp³-hybridized carbons (Fsp3) is 0.222. The number of urea groups is 1. The van der Waals surface area contributed by atoms with Gasteiger partial charge in [0.05, 0.1) is 6.54 Å². The van der Waals surface area contributed by atoms with Gasteiger partial charge in [-0.3, -0.25) is 9.69 Å². The summed E-state index contributed by atoms with van der Waals surface area (Å²) in [7, 11) is 0. The lowest BCUT2D eigenvalue weighted by Crippen LogP contribution is -2.43. The van der Waals surface area contributed by atoms with Crippen molar-refractivity contribution >= 4 is 35.1 Å². The highest BCUT2D eigenvalue weighted by atomic mass is 35.5. The fourth-order valence-electron chi connectivity index (χ4n) is 2.96. The van der Waals surface area contributed by atoms with E-state index < -0.39 is 17.4 Å². The highest BCUT2D eigenvalue weighted by Crippen LogP contribution is 2.34. The molecule has 0 aromatic heterocycles. The molecular weight excluding hydrogens is 366 g/mol.